The van der Waals surface area contributed by atoms with Gasteiger partial charge in [0.1, 0.15) is 16.7 Å². The van der Waals surface area contributed by atoms with Crippen molar-refractivity contribution >= 4 is 17.5 Å². The van der Waals surface area contributed by atoms with Crippen molar-refractivity contribution in [3.05, 3.63) is 76.3 Å². The minimum Gasteiger partial charge on any atom is -0.497 e. The molecule has 1 fully saturated rings. The maximum absolute atomic E-state index is 13.3. The van der Waals surface area contributed by atoms with Gasteiger partial charge < -0.3 is 10.1 Å². The number of nitrogens with one attached hydrogen (secondary N) is 1. The van der Waals surface area contributed by atoms with Crippen molar-refractivity contribution < 1.29 is 13.9 Å². The molecule has 3 aromatic rings. The second kappa shape index (κ2) is 9.71. The third kappa shape index (κ3) is 4.64. The lowest BCUT2D eigenvalue weighted by atomic mass is 10.0. The molecule has 1 N–H and O–H groups in total. The molecule has 1 aliphatic heterocycles. The first kappa shape index (κ1) is 22.3. The lowest BCUT2D eigenvalue weighted by Crippen LogP contribution is -2.37. The monoisotopic (exact) mass is 456 g/mol. The molecule has 1 saturated heterocycles. The number of carbonyl (C=O) groups excluding carboxylic acids is 1. The number of ether oxygens (including phenoxy) is 1. The summed E-state index contributed by atoms with van der Waals surface area (Å²) in [4.78, 5) is 15.5. The van der Waals surface area contributed by atoms with Gasteiger partial charge in [-0.3, -0.25) is 9.69 Å². The molecule has 0 radical (unpaired) electrons. The summed E-state index contributed by atoms with van der Waals surface area (Å²) >= 11 is 6.52. The van der Waals surface area contributed by atoms with Crippen LogP contribution in [0.3, 0.4) is 0 Å². The maximum Gasteiger partial charge on any atom is 0.256 e. The van der Waals surface area contributed by atoms with Crippen molar-refractivity contribution in [1.82, 2.24) is 20.0 Å². The van der Waals surface area contributed by atoms with Gasteiger partial charge in [0.15, 0.2) is 0 Å². The van der Waals surface area contributed by atoms with Crippen LogP contribution < -0.4 is 10.1 Å². The fraction of sp³-hybridized carbons (Fsp3) is 0.333. The van der Waals surface area contributed by atoms with Gasteiger partial charge in [-0.2, -0.15) is 5.10 Å². The van der Waals surface area contributed by atoms with Crippen molar-refractivity contribution in [2.45, 2.75) is 25.8 Å². The summed E-state index contributed by atoms with van der Waals surface area (Å²) in [7, 11) is 1.65. The van der Waals surface area contributed by atoms with Gasteiger partial charge in [-0.1, -0.05) is 23.7 Å². The molecule has 32 heavy (non-hydrogen) atoms. The number of hydrogen-bond donors (Lipinski definition) is 1. The van der Waals surface area contributed by atoms with Crippen molar-refractivity contribution in [3.8, 4) is 11.4 Å². The van der Waals surface area contributed by atoms with E-state index in [0.717, 1.165) is 37.2 Å². The van der Waals surface area contributed by atoms with E-state index in [-0.39, 0.29) is 22.9 Å². The van der Waals surface area contributed by atoms with Crippen LogP contribution in [0.25, 0.3) is 5.69 Å². The highest BCUT2D eigenvalue weighted by Crippen LogP contribution is 2.28. The minimum absolute atomic E-state index is 0.0303. The first-order valence-corrected chi connectivity index (χ1v) is 11.0. The van der Waals surface area contributed by atoms with E-state index >= 15 is 0 Å². The van der Waals surface area contributed by atoms with Crippen LogP contribution in [0, 0.1) is 12.7 Å². The Morgan fingerprint density at radius 2 is 1.94 bits per heavy atom. The molecule has 1 atom stereocenters. The molecular formula is C24H26ClFN4O2. The van der Waals surface area contributed by atoms with Crippen molar-refractivity contribution in [1.29, 1.82) is 0 Å². The number of hydrogen-bond acceptors (Lipinski definition) is 4. The quantitative estimate of drug-likeness (QED) is 0.566. The molecule has 6 nitrogen and oxygen atoms in total. The van der Waals surface area contributed by atoms with E-state index in [0.29, 0.717) is 23.5 Å². The summed E-state index contributed by atoms with van der Waals surface area (Å²) in [6.07, 6.45) is 2.29. The maximum atomic E-state index is 13.3. The lowest BCUT2D eigenvalue weighted by Gasteiger charge is -2.28. The number of aromatic nitrogens is 2. The van der Waals surface area contributed by atoms with Gasteiger partial charge in [0.05, 0.1) is 30.1 Å². The topological polar surface area (TPSA) is 59.4 Å². The molecule has 0 spiro atoms. The standard InChI is InChI=1S/C24H26ClFN4O2/c1-16-22(23(25)30(28-16)19-10-8-18(26)9-11-19)24(31)27-15-21(29-12-3-4-13-29)17-6-5-7-20(14-17)32-2/h5-11,14,21H,3-4,12-13,15H2,1-2H3,(H,27,31). The Kier molecular flexibility index (Phi) is 6.77. The van der Waals surface area contributed by atoms with E-state index in [2.05, 4.69) is 21.4 Å². The molecule has 0 saturated carbocycles. The highest BCUT2D eigenvalue weighted by molar-refractivity contribution is 6.33. The Balaban J connectivity index is 1.55. The van der Waals surface area contributed by atoms with E-state index in [1.807, 2.05) is 18.2 Å². The third-order valence-corrected chi connectivity index (χ3v) is 6.17. The second-order valence-corrected chi connectivity index (χ2v) is 8.24. The molecule has 1 aliphatic rings. The molecule has 1 aromatic heterocycles. The number of halogens is 2. The molecular weight excluding hydrogens is 431 g/mol. The minimum atomic E-state index is -0.350. The molecule has 8 heteroatoms. The molecule has 168 valence electrons. The number of likely N-dealkylation sites (tertiary alicyclic amines) is 1. The summed E-state index contributed by atoms with van der Waals surface area (Å²) < 4.78 is 20.1. The number of benzene rings is 2. The Bertz CT molecular complexity index is 1090. The van der Waals surface area contributed by atoms with Crippen molar-refractivity contribution in [2.24, 2.45) is 0 Å². The SMILES string of the molecule is COc1cccc(C(CNC(=O)c2c(C)nn(-c3ccc(F)cc3)c2Cl)N2CCCC2)c1. The van der Waals surface area contributed by atoms with Gasteiger partial charge in [-0.25, -0.2) is 9.07 Å². The summed E-state index contributed by atoms with van der Waals surface area (Å²) in [5.41, 5.74) is 2.51. The zero-order chi connectivity index (χ0) is 22.7. The van der Waals surface area contributed by atoms with Gasteiger partial charge in [0.25, 0.3) is 5.91 Å². The van der Waals surface area contributed by atoms with Gasteiger partial charge >= 0.3 is 0 Å². The van der Waals surface area contributed by atoms with Gasteiger partial charge in [0.2, 0.25) is 0 Å². The summed E-state index contributed by atoms with van der Waals surface area (Å²) in [6, 6.07) is 13.8. The molecule has 1 amide bonds. The smallest absolute Gasteiger partial charge is 0.256 e. The Morgan fingerprint density at radius 3 is 2.62 bits per heavy atom. The fourth-order valence-electron chi connectivity index (χ4n) is 4.15. The summed E-state index contributed by atoms with van der Waals surface area (Å²) in [5.74, 6) is 0.155. The molecule has 0 bridgehead atoms. The summed E-state index contributed by atoms with van der Waals surface area (Å²) in [6.45, 7) is 4.14. The van der Waals surface area contributed by atoms with Crippen molar-refractivity contribution in [3.63, 3.8) is 0 Å². The second-order valence-electron chi connectivity index (χ2n) is 7.88. The zero-order valence-electron chi connectivity index (χ0n) is 18.1. The average molecular weight is 457 g/mol. The number of aryl methyl sites for hydroxylation is 1. The normalized spacial score (nSPS) is 15.0. The van der Waals surface area contributed by atoms with E-state index in [9.17, 15) is 9.18 Å². The molecule has 4 rings (SSSR count). The number of methoxy groups -OCH3 is 1. The Labute approximate surface area is 191 Å². The van der Waals surface area contributed by atoms with Crippen LogP contribution in [0.5, 0.6) is 5.75 Å². The van der Waals surface area contributed by atoms with Gasteiger partial charge in [0, 0.05) is 6.54 Å². The Morgan fingerprint density at radius 1 is 1.22 bits per heavy atom. The van der Waals surface area contributed by atoms with Gasteiger partial charge in [-0.05, 0) is 74.8 Å². The number of rotatable bonds is 7. The van der Waals surface area contributed by atoms with Crippen molar-refractivity contribution in [2.75, 3.05) is 26.7 Å². The van der Waals surface area contributed by atoms with E-state index in [1.165, 1.54) is 16.8 Å². The predicted octanol–water partition coefficient (Wildman–Crippen LogP) is 4.55. The molecule has 1 unspecified atom stereocenters. The number of nitrogens with zero attached hydrogens (tertiary/aromatic N) is 3. The molecule has 2 heterocycles. The van der Waals surface area contributed by atoms with Crippen LogP contribution in [0.15, 0.2) is 48.5 Å². The lowest BCUT2D eigenvalue weighted by molar-refractivity contribution is 0.0937. The first-order chi connectivity index (χ1) is 15.5. The highest BCUT2D eigenvalue weighted by atomic mass is 35.5. The largest absolute Gasteiger partial charge is 0.497 e. The first-order valence-electron chi connectivity index (χ1n) is 10.6. The average Bonchev–Trinajstić information content (AvgIpc) is 3.42. The predicted molar refractivity (Wildman–Crippen MR) is 122 cm³/mol. The summed E-state index contributed by atoms with van der Waals surface area (Å²) in [5, 5.41) is 7.64. The van der Waals surface area contributed by atoms with E-state index in [1.54, 1.807) is 26.2 Å². The molecule has 0 aliphatic carbocycles. The van der Waals surface area contributed by atoms with E-state index in [4.69, 9.17) is 16.3 Å². The fourth-order valence-corrected chi connectivity index (χ4v) is 4.51. The highest BCUT2D eigenvalue weighted by Gasteiger charge is 2.26. The van der Waals surface area contributed by atoms with Gasteiger partial charge in [-0.15, -0.1) is 0 Å². The third-order valence-electron chi connectivity index (χ3n) is 5.82. The van der Waals surface area contributed by atoms with Crippen LogP contribution >= 0.6 is 11.6 Å². The van der Waals surface area contributed by atoms with E-state index < -0.39 is 0 Å². The number of amides is 1. The van der Waals surface area contributed by atoms with Crippen LogP contribution in [0.4, 0.5) is 4.39 Å². The van der Waals surface area contributed by atoms with Crippen LogP contribution in [0.1, 0.15) is 40.5 Å². The zero-order valence-corrected chi connectivity index (χ0v) is 18.9. The van der Waals surface area contributed by atoms with Crippen LogP contribution in [0.2, 0.25) is 5.15 Å². The number of carbonyl (C=O) groups is 1. The van der Waals surface area contributed by atoms with Crippen LogP contribution in [-0.4, -0.2) is 47.3 Å². The van der Waals surface area contributed by atoms with Crippen LogP contribution in [-0.2, 0) is 0 Å². The Hall–Kier alpha value is -2.90. The molecule has 2 aromatic carbocycles.